The Morgan fingerprint density at radius 3 is 3.00 bits per heavy atom. The molecule has 0 radical (unpaired) electrons. The lowest BCUT2D eigenvalue weighted by atomic mass is 10.1. The smallest absolute Gasteiger partial charge is 0.303 e. The van der Waals surface area contributed by atoms with Crippen LogP contribution in [0.5, 0.6) is 0 Å². The van der Waals surface area contributed by atoms with Gasteiger partial charge >= 0.3 is 5.97 Å². The van der Waals surface area contributed by atoms with E-state index in [1.165, 1.54) is 0 Å². The van der Waals surface area contributed by atoms with Gasteiger partial charge in [0.25, 0.3) is 5.91 Å². The van der Waals surface area contributed by atoms with Gasteiger partial charge in [-0.2, -0.15) is 5.10 Å². The lowest BCUT2D eigenvalue weighted by molar-refractivity contribution is -0.137. The molecule has 0 saturated carbocycles. The number of hydrogen-bond acceptors (Lipinski definition) is 3. The van der Waals surface area contributed by atoms with Crippen LogP contribution in [0.25, 0.3) is 10.9 Å². The third-order valence-electron chi connectivity index (χ3n) is 2.56. The van der Waals surface area contributed by atoms with E-state index in [-0.39, 0.29) is 12.3 Å². The Hall–Kier alpha value is -2.37. The summed E-state index contributed by atoms with van der Waals surface area (Å²) < 4.78 is 0. The Bertz CT molecular complexity index is 577. The highest BCUT2D eigenvalue weighted by Crippen LogP contribution is 2.12. The lowest BCUT2D eigenvalue weighted by Crippen LogP contribution is -2.24. The number of carboxylic acid groups (broad SMARTS) is 1. The molecule has 1 aromatic heterocycles. The molecule has 0 fully saturated rings. The molecule has 6 nitrogen and oxygen atoms in total. The van der Waals surface area contributed by atoms with E-state index >= 15 is 0 Å². The summed E-state index contributed by atoms with van der Waals surface area (Å²) in [4.78, 5) is 22.1. The predicted octanol–water partition coefficient (Wildman–Crippen LogP) is 1.16. The number of nitrogens with zero attached hydrogens (tertiary/aromatic N) is 1. The van der Waals surface area contributed by atoms with Crippen LogP contribution in [0, 0.1) is 0 Å². The van der Waals surface area contributed by atoms with E-state index in [1.807, 2.05) is 0 Å². The van der Waals surface area contributed by atoms with Crippen molar-refractivity contribution in [1.82, 2.24) is 15.5 Å². The molecule has 1 aromatic carbocycles. The molecular weight excluding hydrogens is 234 g/mol. The van der Waals surface area contributed by atoms with Crippen molar-refractivity contribution in [1.29, 1.82) is 0 Å². The molecule has 3 N–H and O–H groups in total. The van der Waals surface area contributed by atoms with Crippen molar-refractivity contribution in [3.8, 4) is 0 Å². The van der Waals surface area contributed by atoms with Crippen LogP contribution in [0.3, 0.4) is 0 Å². The molecular formula is C12H13N3O3. The number of carboxylic acids is 1. The Balaban J connectivity index is 1.93. The fourth-order valence-corrected chi connectivity index (χ4v) is 1.63. The van der Waals surface area contributed by atoms with Gasteiger partial charge in [-0.25, -0.2) is 0 Å². The maximum absolute atomic E-state index is 11.8. The average Bonchev–Trinajstić information content (AvgIpc) is 2.81. The molecule has 1 heterocycles. The molecule has 2 aromatic rings. The van der Waals surface area contributed by atoms with Crippen LogP contribution in [-0.2, 0) is 4.79 Å². The zero-order chi connectivity index (χ0) is 13.0. The molecule has 18 heavy (non-hydrogen) atoms. The van der Waals surface area contributed by atoms with Crippen LogP contribution in [0.4, 0.5) is 0 Å². The van der Waals surface area contributed by atoms with Gasteiger partial charge < -0.3 is 10.4 Å². The van der Waals surface area contributed by atoms with Crippen LogP contribution in [0.15, 0.2) is 24.4 Å². The van der Waals surface area contributed by atoms with E-state index in [1.54, 1.807) is 24.4 Å². The highest BCUT2D eigenvalue weighted by molar-refractivity contribution is 5.97. The number of hydrogen-bond donors (Lipinski definition) is 3. The largest absolute Gasteiger partial charge is 0.481 e. The maximum atomic E-state index is 11.8. The minimum atomic E-state index is -0.857. The second kappa shape index (κ2) is 5.31. The number of carbonyl (C=O) groups excluding carboxylic acids is 1. The van der Waals surface area contributed by atoms with E-state index in [2.05, 4.69) is 15.5 Å². The number of H-pyrrole nitrogens is 1. The van der Waals surface area contributed by atoms with Crippen molar-refractivity contribution in [2.24, 2.45) is 0 Å². The number of aromatic nitrogens is 2. The molecule has 0 aliphatic carbocycles. The first kappa shape index (κ1) is 12.1. The van der Waals surface area contributed by atoms with Crippen LogP contribution >= 0.6 is 0 Å². The summed E-state index contributed by atoms with van der Waals surface area (Å²) in [7, 11) is 0. The molecule has 0 bridgehead atoms. The van der Waals surface area contributed by atoms with Gasteiger partial charge in [0.2, 0.25) is 0 Å². The summed E-state index contributed by atoms with van der Waals surface area (Å²) in [5, 5.41) is 18.7. The maximum Gasteiger partial charge on any atom is 0.303 e. The fraction of sp³-hybridized carbons (Fsp3) is 0.250. The molecule has 0 spiro atoms. The number of fused-ring (bicyclic) bond motifs is 1. The first-order valence-corrected chi connectivity index (χ1v) is 5.60. The minimum Gasteiger partial charge on any atom is -0.481 e. The summed E-state index contributed by atoms with van der Waals surface area (Å²) in [6.07, 6.45) is 2.13. The Morgan fingerprint density at radius 2 is 2.22 bits per heavy atom. The summed E-state index contributed by atoms with van der Waals surface area (Å²) >= 11 is 0. The van der Waals surface area contributed by atoms with Crippen LogP contribution < -0.4 is 5.32 Å². The monoisotopic (exact) mass is 247 g/mol. The highest BCUT2D eigenvalue weighted by Gasteiger charge is 2.06. The van der Waals surface area contributed by atoms with Gasteiger partial charge in [-0.15, -0.1) is 0 Å². The lowest BCUT2D eigenvalue weighted by Gasteiger charge is -2.04. The second-order valence-corrected chi connectivity index (χ2v) is 3.93. The van der Waals surface area contributed by atoms with E-state index in [4.69, 9.17) is 5.11 Å². The third kappa shape index (κ3) is 2.85. The van der Waals surface area contributed by atoms with Gasteiger partial charge in [0.1, 0.15) is 0 Å². The molecule has 2 rings (SSSR count). The summed E-state index contributed by atoms with van der Waals surface area (Å²) in [6.45, 7) is 0.356. The molecule has 1 amide bonds. The SMILES string of the molecule is O=C(O)CCCNC(=O)c1ccc2[nH]ncc2c1. The zero-order valence-electron chi connectivity index (χ0n) is 9.64. The highest BCUT2D eigenvalue weighted by atomic mass is 16.4. The van der Waals surface area contributed by atoms with Gasteiger partial charge in [0, 0.05) is 23.9 Å². The average molecular weight is 247 g/mol. The van der Waals surface area contributed by atoms with Crippen LogP contribution in [0.1, 0.15) is 23.2 Å². The standard InChI is InChI=1S/C12H13N3O3/c16-11(17)2-1-5-13-12(18)8-3-4-10-9(6-8)7-14-15-10/h3-4,6-7H,1-2,5H2,(H,13,18)(H,14,15)(H,16,17). The first-order chi connectivity index (χ1) is 8.66. The van der Waals surface area contributed by atoms with Crippen molar-refractivity contribution in [3.05, 3.63) is 30.0 Å². The first-order valence-electron chi connectivity index (χ1n) is 5.60. The Labute approximate surface area is 103 Å². The molecule has 0 saturated heterocycles. The van der Waals surface area contributed by atoms with Crippen molar-refractivity contribution in [3.63, 3.8) is 0 Å². The summed E-state index contributed by atoms with van der Waals surface area (Å²) in [6, 6.07) is 5.23. The van der Waals surface area contributed by atoms with Gasteiger partial charge in [0.05, 0.1) is 11.7 Å². The normalized spacial score (nSPS) is 10.4. The number of carbonyl (C=O) groups is 2. The van der Waals surface area contributed by atoms with Gasteiger partial charge in [-0.1, -0.05) is 0 Å². The second-order valence-electron chi connectivity index (χ2n) is 3.93. The van der Waals surface area contributed by atoms with Crippen molar-refractivity contribution < 1.29 is 14.7 Å². The summed E-state index contributed by atoms with van der Waals surface area (Å²) in [5.41, 5.74) is 1.41. The van der Waals surface area contributed by atoms with Crippen molar-refractivity contribution in [2.45, 2.75) is 12.8 Å². The van der Waals surface area contributed by atoms with E-state index < -0.39 is 5.97 Å². The Morgan fingerprint density at radius 1 is 1.39 bits per heavy atom. The topological polar surface area (TPSA) is 95.1 Å². The fourth-order valence-electron chi connectivity index (χ4n) is 1.63. The number of nitrogens with one attached hydrogen (secondary N) is 2. The Kier molecular flexibility index (Phi) is 3.57. The number of aliphatic carboxylic acids is 1. The minimum absolute atomic E-state index is 0.0566. The van der Waals surface area contributed by atoms with Gasteiger partial charge in [0.15, 0.2) is 0 Å². The molecule has 0 aliphatic rings. The number of rotatable bonds is 5. The number of benzene rings is 1. The summed E-state index contributed by atoms with van der Waals surface area (Å²) in [5.74, 6) is -1.06. The molecule has 6 heteroatoms. The predicted molar refractivity (Wildman–Crippen MR) is 65.3 cm³/mol. The third-order valence-corrected chi connectivity index (χ3v) is 2.56. The molecule has 0 aliphatic heterocycles. The zero-order valence-corrected chi connectivity index (χ0v) is 9.64. The van der Waals surface area contributed by atoms with Crippen LogP contribution in [0.2, 0.25) is 0 Å². The molecule has 0 unspecified atom stereocenters. The number of aromatic amines is 1. The quantitative estimate of drug-likeness (QED) is 0.691. The van der Waals surface area contributed by atoms with Crippen molar-refractivity contribution in [2.75, 3.05) is 6.54 Å². The van der Waals surface area contributed by atoms with E-state index in [0.717, 1.165) is 10.9 Å². The van der Waals surface area contributed by atoms with Gasteiger partial charge in [-0.3, -0.25) is 14.7 Å². The molecule has 94 valence electrons. The van der Waals surface area contributed by atoms with Gasteiger partial charge in [-0.05, 0) is 24.6 Å². The van der Waals surface area contributed by atoms with Crippen LogP contribution in [-0.4, -0.2) is 33.7 Å². The number of amides is 1. The van der Waals surface area contributed by atoms with E-state index in [0.29, 0.717) is 18.5 Å². The molecule has 0 atom stereocenters. The van der Waals surface area contributed by atoms with Crippen molar-refractivity contribution >= 4 is 22.8 Å². The van der Waals surface area contributed by atoms with E-state index in [9.17, 15) is 9.59 Å².